The van der Waals surface area contributed by atoms with Gasteiger partial charge in [0.15, 0.2) is 0 Å². The zero-order chi connectivity index (χ0) is 13.8. The van der Waals surface area contributed by atoms with Crippen molar-refractivity contribution in [3.05, 3.63) is 48.3 Å². The number of hydrogen-bond acceptors (Lipinski definition) is 5. The number of nitrogens with two attached hydrogens (primary N) is 1. The number of rotatable bonds is 3. The molecule has 2 aromatic heterocycles. The summed E-state index contributed by atoms with van der Waals surface area (Å²) in [6.07, 6.45) is 3.68. The maximum atomic E-state index is 5.68. The van der Waals surface area contributed by atoms with Crippen LogP contribution in [0.25, 0.3) is 0 Å². The number of aromatic nitrogens is 2. The maximum absolute atomic E-state index is 5.68. The fraction of sp³-hybridized carbons (Fsp3) is 0.333. The van der Waals surface area contributed by atoms with Crippen molar-refractivity contribution in [2.45, 2.75) is 6.54 Å². The van der Waals surface area contributed by atoms with Gasteiger partial charge in [0.2, 0.25) is 0 Å². The van der Waals surface area contributed by atoms with Crippen LogP contribution in [0.2, 0.25) is 0 Å². The zero-order valence-electron chi connectivity index (χ0n) is 11.4. The molecule has 0 aromatic carbocycles. The molecular weight excluding hydrogens is 250 g/mol. The van der Waals surface area contributed by atoms with Gasteiger partial charge in [0.05, 0.1) is 0 Å². The minimum Gasteiger partial charge on any atom is -0.353 e. The molecule has 0 amide bonds. The van der Waals surface area contributed by atoms with E-state index in [0.29, 0.717) is 6.54 Å². The Bertz CT molecular complexity index is 549. The topological polar surface area (TPSA) is 58.3 Å². The van der Waals surface area contributed by atoms with E-state index in [1.807, 2.05) is 30.6 Å². The van der Waals surface area contributed by atoms with Crippen LogP contribution in [0.5, 0.6) is 0 Å². The zero-order valence-corrected chi connectivity index (χ0v) is 11.4. The molecule has 1 fully saturated rings. The Kier molecular flexibility index (Phi) is 3.78. The highest BCUT2D eigenvalue weighted by atomic mass is 15.3. The first kappa shape index (κ1) is 12.9. The van der Waals surface area contributed by atoms with E-state index in [1.54, 1.807) is 0 Å². The van der Waals surface area contributed by atoms with Gasteiger partial charge >= 0.3 is 0 Å². The summed E-state index contributed by atoms with van der Waals surface area (Å²) >= 11 is 0. The van der Waals surface area contributed by atoms with E-state index in [9.17, 15) is 0 Å². The highest BCUT2D eigenvalue weighted by Crippen LogP contribution is 2.17. The number of pyridine rings is 2. The molecule has 0 saturated carbocycles. The SMILES string of the molecule is NCc1ccnc(N2CCN(c3ccccn3)CC2)c1. The van der Waals surface area contributed by atoms with E-state index in [2.05, 4.69) is 31.9 Å². The molecule has 0 bridgehead atoms. The summed E-state index contributed by atoms with van der Waals surface area (Å²) in [5.41, 5.74) is 6.81. The monoisotopic (exact) mass is 269 g/mol. The van der Waals surface area contributed by atoms with Crippen LogP contribution in [0.4, 0.5) is 11.6 Å². The molecule has 2 N–H and O–H groups in total. The van der Waals surface area contributed by atoms with Crippen molar-refractivity contribution < 1.29 is 0 Å². The van der Waals surface area contributed by atoms with Gasteiger partial charge in [-0.3, -0.25) is 0 Å². The molecule has 0 atom stereocenters. The quantitative estimate of drug-likeness (QED) is 0.909. The molecule has 0 radical (unpaired) electrons. The summed E-state index contributed by atoms with van der Waals surface area (Å²) in [5.74, 6) is 2.07. The van der Waals surface area contributed by atoms with Crippen LogP contribution < -0.4 is 15.5 Å². The molecule has 1 aliphatic heterocycles. The van der Waals surface area contributed by atoms with E-state index >= 15 is 0 Å². The lowest BCUT2D eigenvalue weighted by atomic mass is 10.2. The van der Waals surface area contributed by atoms with Gasteiger partial charge in [-0.15, -0.1) is 0 Å². The van der Waals surface area contributed by atoms with Crippen LogP contribution in [-0.2, 0) is 6.54 Å². The second-order valence-corrected chi connectivity index (χ2v) is 4.89. The van der Waals surface area contributed by atoms with E-state index < -0.39 is 0 Å². The van der Waals surface area contributed by atoms with Gasteiger partial charge in [-0.05, 0) is 29.8 Å². The summed E-state index contributed by atoms with van der Waals surface area (Å²) in [6.45, 7) is 4.40. The maximum Gasteiger partial charge on any atom is 0.128 e. The molecule has 1 aliphatic rings. The number of nitrogens with zero attached hydrogens (tertiary/aromatic N) is 4. The van der Waals surface area contributed by atoms with Crippen LogP contribution in [0.1, 0.15) is 5.56 Å². The summed E-state index contributed by atoms with van der Waals surface area (Å²) in [7, 11) is 0. The van der Waals surface area contributed by atoms with Crippen molar-refractivity contribution in [3.8, 4) is 0 Å². The average molecular weight is 269 g/mol. The molecule has 0 unspecified atom stereocenters. The smallest absolute Gasteiger partial charge is 0.128 e. The molecule has 104 valence electrons. The second kappa shape index (κ2) is 5.88. The van der Waals surface area contributed by atoms with Crippen molar-refractivity contribution in [1.82, 2.24) is 9.97 Å². The van der Waals surface area contributed by atoms with E-state index in [0.717, 1.165) is 43.4 Å². The molecular formula is C15H19N5. The van der Waals surface area contributed by atoms with Gasteiger partial charge in [0, 0.05) is 45.1 Å². The molecule has 5 heteroatoms. The third-order valence-corrected chi connectivity index (χ3v) is 3.62. The molecule has 20 heavy (non-hydrogen) atoms. The molecule has 2 aromatic rings. The average Bonchev–Trinajstić information content (AvgIpc) is 2.56. The predicted molar refractivity (Wildman–Crippen MR) is 80.8 cm³/mol. The van der Waals surface area contributed by atoms with Crippen molar-refractivity contribution in [2.24, 2.45) is 5.73 Å². The van der Waals surface area contributed by atoms with Crippen LogP contribution in [0, 0.1) is 0 Å². The Balaban J connectivity index is 1.66. The minimum atomic E-state index is 0.559. The van der Waals surface area contributed by atoms with Gasteiger partial charge < -0.3 is 15.5 Å². The lowest BCUT2D eigenvalue weighted by molar-refractivity contribution is 0.641. The Morgan fingerprint density at radius 2 is 1.60 bits per heavy atom. The Labute approximate surface area is 119 Å². The summed E-state index contributed by atoms with van der Waals surface area (Å²) < 4.78 is 0. The van der Waals surface area contributed by atoms with Crippen LogP contribution in [0.15, 0.2) is 42.7 Å². The predicted octanol–water partition coefficient (Wildman–Crippen LogP) is 1.26. The van der Waals surface area contributed by atoms with Gasteiger partial charge in [0.1, 0.15) is 11.6 Å². The third kappa shape index (κ3) is 2.72. The van der Waals surface area contributed by atoms with Gasteiger partial charge in [-0.1, -0.05) is 6.07 Å². The Morgan fingerprint density at radius 1 is 0.900 bits per heavy atom. The fourth-order valence-corrected chi connectivity index (χ4v) is 2.47. The minimum absolute atomic E-state index is 0.559. The summed E-state index contributed by atoms with van der Waals surface area (Å²) in [5, 5.41) is 0. The van der Waals surface area contributed by atoms with E-state index in [1.165, 1.54) is 0 Å². The first-order valence-corrected chi connectivity index (χ1v) is 6.93. The molecule has 3 heterocycles. The second-order valence-electron chi connectivity index (χ2n) is 4.89. The fourth-order valence-electron chi connectivity index (χ4n) is 2.47. The van der Waals surface area contributed by atoms with Crippen LogP contribution in [0.3, 0.4) is 0 Å². The molecule has 5 nitrogen and oxygen atoms in total. The largest absolute Gasteiger partial charge is 0.353 e. The highest BCUT2D eigenvalue weighted by molar-refractivity contribution is 5.45. The van der Waals surface area contributed by atoms with E-state index in [4.69, 9.17) is 5.73 Å². The lowest BCUT2D eigenvalue weighted by Gasteiger charge is -2.36. The van der Waals surface area contributed by atoms with E-state index in [-0.39, 0.29) is 0 Å². The molecule has 0 spiro atoms. The van der Waals surface area contributed by atoms with Crippen LogP contribution in [-0.4, -0.2) is 36.1 Å². The van der Waals surface area contributed by atoms with Crippen molar-refractivity contribution in [3.63, 3.8) is 0 Å². The van der Waals surface area contributed by atoms with Crippen molar-refractivity contribution in [2.75, 3.05) is 36.0 Å². The number of hydrogen-bond donors (Lipinski definition) is 1. The summed E-state index contributed by atoms with van der Waals surface area (Å²) in [4.78, 5) is 13.5. The Morgan fingerprint density at radius 3 is 2.25 bits per heavy atom. The van der Waals surface area contributed by atoms with Gasteiger partial charge in [-0.2, -0.15) is 0 Å². The molecule has 0 aliphatic carbocycles. The number of piperazine rings is 1. The summed E-state index contributed by atoms with van der Waals surface area (Å²) in [6, 6.07) is 10.1. The third-order valence-electron chi connectivity index (χ3n) is 3.62. The number of anilines is 2. The van der Waals surface area contributed by atoms with Crippen molar-refractivity contribution in [1.29, 1.82) is 0 Å². The van der Waals surface area contributed by atoms with Crippen molar-refractivity contribution >= 4 is 11.6 Å². The Hall–Kier alpha value is -2.14. The van der Waals surface area contributed by atoms with Gasteiger partial charge in [0.25, 0.3) is 0 Å². The first-order valence-electron chi connectivity index (χ1n) is 6.93. The molecule has 1 saturated heterocycles. The molecule has 3 rings (SSSR count). The van der Waals surface area contributed by atoms with Crippen LogP contribution >= 0.6 is 0 Å². The standard InChI is InChI=1S/C15H19N5/c16-12-13-4-6-18-15(11-13)20-9-7-19(8-10-20)14-3-1-2-5-17-14/h1-6,11H,7-10,12,16H2. The highest BCUT2D eigenvalue weighted by Gasteiger charge is 2.18. The van der Waals surface area contributed by atoms with Gasteiger partial charge in [-0.25, -0.2) is 9.97 Å². The first-order chi connectivity index (χ1) is 9.86. The normalized spacial score (nSPS) is 15.4. The lowest BCUT2D eigenvalue weighted by Crippen LogP contribution is -2.47.